The molecule has 0 aliphatic heterocycles. The van der Waals surface area contributed by atoms with E-state index in [0.29, 0.717) is 29.1 Å². The lowest BCUT2D eigenvalue weighted by molar-refractivity contribution is 0.0948. The summed E-state index contributed by atoms with van der Waals surface area (Å²) in [4.78, 5) is 29.2. The number of nitrogens with one attached hydrogen (secondary N) is 2. The molecule has 150 valence electrons. The molecule has 2 aromatic heterocycles. The number of ether oxygens (including phenoxy) is 1. The number of furan rings is 1. The van der Waals surface area contributed by atoms with Crippen LogP contribution >= 0.6 is 0 Å². The SMILES string of the molecule is COc1cccc2cc(C(=O)Nc3cccc(C(=O)NCc4ccccn4)c3)oc12. The van der Waals surface area contributed by atoms with Crippen LogP contribution in [0.15, 0.2) is 77.3 Å². The van der Waals surface area contributed by atoms with E-state index in [2.05, 4.69) is 15.6 Å². The second kappa shape index (κ2) is 8.48. The Bertz CT molecular complexity index is 1200. The standard InChI is InChI=1S/C23H19N3O4/c1-29-19-10-5-6-15-13-20(30-21(15)19)23(28)26-17-9-4-7-16(12-17)22(27)25-14-18-8-2-3-11-24-18/h2-13H,14H2,1H3,(H,25,27)(H,26,28). The molecule has 7 heteroatoms. The van der Waals surface area contributed by atoms with Crippen molar-refractivity contribution in [2.75, 3.05) is 12.4 Å². The molecule has 4 rings (SSSR count). The molecule has 0 radical (unpaired) electrons. The topological polar surface area (TPSA) is 93.5 Å². The van der Waals surface area contributed by atoms with Gasteiger partial charge in [0.1, 0.15) is 0 Å². The van der Waals surface area contributed by atoms with Crippen LogP contribution in [-0.4, -0.2) is 23.9 Å². The number of fused-ring (bicyclic) bond motifs is 1. The van der Waals surface area contributed by atoms with Gasteiger partial charge in [-0.3, -0.25) is 14.6 Å². The number of hydrogen-bond acceptors (Lipinski definition) is 5. The van der Waals surface area contributed by atoms with Gasteiger partial charge in [-0.2, -0.15) is 0 Å². The Kier molecular flexibility index (Phi) is 5.43. The van der Waals surface area contributed by atoms with Crippen LogP contribution < -0.4 is 15.4 Å². The van der Waals surface area contributed by atoms with Gasteiger partial charge in [0.25, 0.3) is 11.8 Å². The van der Waals surface area contributed by atoms with Gasteiger partial charge in [-0.05, 0) is 42.5 Å². The van der Waals surface area contributed by atoms with Gasteiger partial charge in [0.05, 0.1) is 19.3 Å². The second-order valence-corrected chi connectivity index (χ2v) is 6.53. The molecule has 0 bridgehead atoms. The van der Waals surface area contributed by atoms with Crippen LogP contribution in [0.1, 0.15) is 26.6 Å². The van der Waals surface area contributed by atoms with Crippen LogP contribution in [0.25, 0.3) is 11.0 Å². The Balaban J connectivity index is 1.46. The first-order chi connectivity index (χ1) is 14.6. The van der Waals surface area contributed by atoms with E-state index in [1.807, 2.05) is 30.3 Å². The molecule has 0 saturated carbocycles. The van der Waals surface area contributed by atoms with E-state index in [1.165, 1.54) is 0 Å². The zero-order valence-corrected chi connectivity index (χ0v) is 16.2. The zero-order valence-electron chi connectivity index (χ0n) is 16.2. The van der Waals surface area contributed by atoms with Gasteiger partial charge in [-0.15, -0.1) is 0 Å². The van der Waals surface area contributed by atoms with Crippen molar-refractivity contribution in [3.05, 3.63) is 89.9 Å². The van der Waals surface area contributed by atoms with Crippen molar-refractivity contribution in [2.45, 2.75) is 6.54 Å². The predicted molar refractivity (Wildman–Crippen MR) is 113 cm³/mol. The van der Waals surface area contributed by atoms with Crippen molar-refractivity contribution < 1.29 is 18.7 Å². The van der Waals surface area contributed by atoms with Crippen molar-refractivity contribution in [3.63, 3.8) is 0 Å². The lowest BCUT2D eigenvalue weighted by atomic mass is 10.2. The van der Waals surface area contributed by atoms with Crippen LogP contribution in [0.3, 0.4) is 0 Å². The van der Waals surface area contributed by atoms with E-state index in [-0.39, 0.29) is 11.7 Å². The molecule has 0 saturated heterocycles. The maximum absolute atomic E-state index is 12.6. The van der Waals surface area contributed by atoms with Gasteiger partial charge in [0, 0.05) is 22.8 Å². The Morgan fingerprint density at radius 1 is 1.00 bits per heavy atom. The summed E-state index contributed by atoms with van der Waals surface area (Å²) in [6.07, 6.45) is 1.67. The summed E-state index contributed by atoms with van der Waals surface area (Å²) >= 11 is 0. The number of carbonyl (C=O) groups is 2. The van der Waals surface area contributed by atoms with Gasteiger partial charge in [0.2, 0.25) is 0 Å². The molecule has 4 aromatic rings. The van der Waals surface area contributed by atoms with E-state index in [1.54, 1.807) is 49.7 Å². The van der Waals surface area contributed by atoms with E-state index >= 15 is 0 Å². The number of aromatic nitrogens is 1. The summed E-state index contributed by atoms with van der Waals surface area (Å²) in [6, 6.07) is 19.3. The third kappa shape index (κ3) is 4.15. The van der Waals surface area contributed by atoms with Gasteiger partial charge in [0.15, 0.2) is 17.1 Å². The number of carbonyl (C=O) groups excluding carboxylic acids is 2. The Morgan fingerprint density at radius 2 is 1.87 bits per heavy atom. The Morgan fingerprint density at radius 3 is 2.67 bits per heavy atom. The maximum Gasteiger partial charge on any atom is 0.291 e. The van der Waals surface area contributed by atoms with Crippen LogP contribution in [-0.2, 0) is 6.54 Å². The highest BCUT2D eigenvalue weighted by Gasteiger charge is 2.15. The zero-order chi connectivity index (χ0) is 20.9. The lowest BCUT2D eigenvalue weighted by Crippen LogP contribution is -2.23. The molecule has 2 aromatic carbocycles. The summed E-state index contributed by atoms with van der Waals surface area (Å²) < 4.78 is 10.9. The minimum absolute atomic E-state index is 0.152. The van der Waals surface area contributed by atoms with Gasteiger partial charge < -0.3 is 19.8 Å². The highest BCUT2D eigenvalue weighted by atomic mass is 16.5. The normalized spacial score (nSPS) is 10.6. The van der Waals surface area contributed by atoms with Crippen molar-refractivity contribution in [1.82, 2.24) is 10.3 Å². The highest BCUT2D eigenvalue weighted by molar-refractivity contribution is 6.05. The van der Waals surface area contributed by atoms with Gasteiger partial charge >= 0.3 is 0 Å². The largest absolute Gasteiger partial charge is 0.493 e. The average molecular weight is 401 g/mol. The molecule has 2 N–H and O–H groups in total. The number of rotatable bonds is 6. The maximum atomic E-state index is 12.6. The number of methoxy groups -OCH3 is 1. The molecule has 0 fully saturated rings. The first kappa shape index (κ1) is 19.2. The van der Waals surface area contributed by atoms with Crippen LogP contribution in [0.4, 0.5) is 5.69 Å². The van der Waals surface area contributed by atoms with E-state index in [9.17, 15) is 9.59 Å². The molecule has 0 aliphatic carbocycles. The van der Waals surface area contributed by atoms with Crippen LogP contribution in [0, 0.1) is 0 Å². The van der Waals surface area contributed by atoms with Crippen LogP contribution in [0.2, 0.25) is 0 Å². The van der Waals surface area contributed by atoms with Crippen molar-refractivity contribution >= 4 is 28.5 Å². The molecule has 2 amide bonds. The summed E-state index contributed by atoms with van der Waals surface area (Å²) in [6.45, 7) is 0.317. The van der Waals surface area contributed by atoms with E-state index in [4.69, 9.17) is 9.15 Å². The number of amides is 2. The number of benzene rings is 2. The number of anilines is 1. The molecule has 0 unspecified atom stereocenters. The summed E-state index contributed by atoms with van der Waals surface area (Å²) in [5.74, 6) is 0.0298. The number of pyridine rings is 1. The lowest BCUT2D eigenvalue weighted by Gasteiger charge is -2.07. The average Bonchev–Trinajstić information content (AvgIpc) is 3.23. The number of hydrogen-bond donors (Lipinski definition) is 2. The number of para-hydroxylation sites is 1. The van der Waals surface area contributed by atoms with Gasteiger partial charge in [-0.25, -0.2) is 0 Å². The van der Waals surface area contributed by atoms with Crippen molar-refractivity contribution in [3.8, 4) is 5.75 Å². The fourth-order valence-corrected chi connectivity index (χ4v) is 3.02. The third-order valence-electron chi connectivity index (χ3n) is 4.49. The summed E-state index contributed by atoms with van der Waals surface area (Å²) in [7, 11) is 1.54. The van der Waals surface area contributed by atoms with Gasteiger partial charge in [-0.1, -0.05) is 24.3 Å². The Hall–Kier alpha value is -4.13. The van der Waals surface area contributed by atoms with Crippen molar-refractivity contribution in [2.24, 2.45) is 0 Å². The molecular formula is C23H19N3O4. The smallest absolute Gasteiger partial charge is 0.291 e. The molecule has 0 spiro atoms. The molecule has 30 heavy (non-hydrogen) atoms. The molecule has 0 aliphatic rings. The summed E-state index contributed by atoms with van der Waals surface area (Å²) in [5.41, 5.74) is 2.18. The molecular weight excluding hydrogens is 382 g/mol. The third-order valence-corrected chi connectivity index (χ3v) is 4.49. The minimum Gasteiger partial charge on any atom is -0.493 e. The molecule has 7 nitrogen and oxygen atoms in total. The fraction of sp³-hybridized carbons (Fsp3) is 0.0870. The van der Waals surface area contributed by atoms with Crippen molar-refractivity contribution in [1.29, 1.82) is 0 Å². The van der Waals surface area contributed by atoms with E-state index in [0.717, 1.165) is 11.1 Å². The van der Waals surface area contributed by atoms with E-state index < -0.39 is 5.91 Å². The molecule has 0 atom stereocenters. The second-order valence-electron chi connectivity index (χ2n) is 6.53. The summed E-state index contributed by atoms with van der Waals surface area (Å²) in [5, 5.41) is 6.34. The highest BCUT2D eigenvalue weighted by Crippen LogP contribution is 2.28. The quantitative estimate of drug-likeness (QED) is 0.509. The predicted octanol–water partition coefficient (Wildman–Crippen LogP) is 4.02. The van der Waals surface area contributed by atoms with Crippen LogP contribution in [0.5, 0.6) is 5.75 Å². The Labute approximate surface area is 172 Å². The number of nitrogens with zero attached hydrogens (tertiary/aromatic N) is 1. The minimum atomic E-state index is -0.417. The molecule has 2 heterocycles. The monoisotopic (exact) mass is 401 g/mol. The first-order valence-corrected chi connectivity index (χ1v) is 9.30. The first-order valence-electron chi connectivity index (χ1n) is 9.30. The fourth-order valence-electron chi connectivity index (χ4n) is 3.02.